The normalized spacial score (nSPS) is 18.4. The van der Waals surface area contributed by atoms with Crippen LogP contribution in [0.25, 0.3) is 0 Å². The highest BCUT2D eigenvalue weighted by Crippen LogP contribution is 2.25. The molecule has 0 radical (unpaired) electrons. The minimum absolute atomic E-state index is 0.0800. The number of amides is 1. The number of hydrogen-bond donors (Lipinski definition) is 2. The van der Waals surface area contributed by atoms with Crippen LogP contribution < -0.4 is 15.5 Å². The van der Waals surface area contributed by atoms with Crippen LogP contribution in [0.2, 0.25) is 0 Å². The molecule has 1 aliphatic heterocycles. The average molecular weight is 394 g/mol. The quantitative estimate of drug-likeness (QED) is 0.782. The largest absolute Gasteiger partial charge is 0.372 e. The van der Waals surface area contributed by atoms with Crippen molar-refractivity contribution < 1.29 is 4.79 Å². The van der Waals surface area contributed by atoms with Crippen LogP contribution in [0.15, 0.2) is 36.7 Å². The van der Waals surface area contributed by atoms with Crippen molar-refractivity contribution in [2.75, 3.05) is 23.3 Å². The number of carbonyl (C=O) groups is 1. The lowest BCUT2D eigenvalue weighted by atomic mass is 9.95. The number of hydrogen-bond acceptors (Lipinski definition) is 5. The van der Waals surface area contributed by atoms with Gasteiger partial charge in [0.25, 0.3) is 5.91 Å². The van der Waals surface area contributed by atoms with Gasteiger partial charge in [-0.25, -0.2) is 9.97 Å². The van der Waals surface area contributed by atoms with Gasteiger partial charge >= 0.3 is 0 Å². The summed E-state index contributed by atoms with van der Waals surface area (Å²) in [5.74, 6) is 1.25. The number of carbonyl (C=O) groups excluding carboxylic acids is 1. The zero-order chi connectivity index (χ0) is 20.1. The van der Waals surface area contributed by atoms with E-state index < -0.39 is 0 Å². The molecule has 0 unspecified atom stereocenters. The van der Waals surface area contributed by atoms with Gasteiger partial charge in [-0.05, 0) is 55.9 Å². The van der Waals surface area contributed by atoms with E-state index in [0.29, 0.717) is 11.5 Å². The van der Waals surface area contributed by atoms with Gasteiger partial charge in [0.1, 0.15) is 0 Å². The van der Waals surface area contributed by atoms with Gasteiger partial charge in [-0.1, -0.05) is 26.2 Å². The molecule has 1 aliphatic carbocycles. The van der Waals surface area contributed by atoms with Crippen molar-refractivity contribution in [3.63, 3.8) is 0 Å². The minimum Gasteiger partial charge on any atom is -0.372 e. The predicted octanol–water partition coefficient (Wildman–Crippen LogP) is 4.52. The summed E-state index contributed by atoms with van der Waals surface area (Å²) in [7, 11) is 0. The lowest BCUT2D eigenvalue weighted by Gasteiger charge is -2.32. The fraction of sp³-hybridized carbons (Fsp3) is 0.522. The van der Waals surface area contributed by atoms with Gasteiger partial charge in [-0.3, -0.25) is 4.79 Å². The molecule has 0 spiro atoms. The molecule has 1 saturated heterocycles. The summed E-state index contributed by atoms with van der Waals surface area (Å²) in [6.45, 7) is 4.58. The summed E-state index contributed by atoms with van der Waals surface area (Å²) in [6.07, 6.45) is 11.5. The highest BCUT2D eigenvalue weighted by molar-refractivity contribution is 5.93. The first-order valence-corrected chi connectivity index (χ1v) is 10.9. The van der Waals surface area contributed by atoms with E-state index in [2.05, 4.69) is 56.7 Å². The Balaban J connectivity index is 1.32. The number of nitrogens with zero attached hydrogens (tertiary/aromatic N) is 3. The summed E-state index contributed by atoms with van der Waals surface area (Å²) in [4.78, 5) is 23.4. The topological polar surface area (TPSA) is 70.2 Å². The molecule has 0 atom stereocenters. The highest BCUT2D eigenvalue weighted by atomic mass is 16.1. The van der Waals surface area contributed by atoms with Crippen molar-refractivity contribution in [3.8, 4) is 0 Å². The van der Waals surface area contributed by atoms with Crippen molar-refractivity contribution in [2.45, 2.75) is 57.9 Å². The Bertz CT molecular complexity index is 791. The van der Waals surface area contributed by atoms with Gasteiger partial charge in [0.15, 0.2) is 0 Å². The van der Waals surface area contributed by atoms with Crippen LogP contribution in [0.4, 0.5) is 17.3 Å². The van der Waals surface area contributed by atoms with Crippen molar-refractivity contribution in [1.29, 1.82) is 0 Å². The van der Waals surface area contributed by atoms with Crippen LogP contribution in [0.5, 0.6) is 0 Å². The molecule has 2 aliphatic rings. The molecule has 6 nitrogen and oxygen atoms in total. The van der Waals surface area contributed by atoms with Gasteiger partial charge < -0.3 is 15.5 Å². The van der Waals surface area contributed by atoms with E-state index in [9.17, 15) is 4.79 Å². The van der Waals surface area contributed by atoms with Crippen molar-refractivity contribution >= 4 is 23.2 Å². The minimum atomic E-state index is -0.0800. The Kier molecular flexibility index (Phi) is 6.27. The van der Waals surface area contributed by atoms with E-state index >= 15 is 0 Å². The molecule has 2 fully saturated rings. The SMILES string of the molecule is CC1CCN(c2ccc(Nc3ncc(C(=O)NC4CCCCC4)cn3)cc2)CC1. The lowest BCUT2D eigenvalue weighted by Crippen LogP contribution is -2.36. The molecule has 1 aromatic carbocycles. The van der Waals surface area contributed by atoms with Gasteiger partial charge in [0, 0.05) is 42.9 Å². The van der Waals surface area contributed by atoms with Crippen LogP contribution in [0.1, 0.15) is 62.2 Å². The highest BCUT2D eigenvalue weighted by Gasteiger charge is 2.18. The second-order valence-electron chi connectivity index (χ2n) is 8.45. The maximum Gasteiger partial charge on any atom is 0.254 e. The van der Waals surface area contributed by atoms with Gasteiger partial charge in [0.05, 0.1) is 5.56 Å². The lowest BCUT2D eigenvalue weighted by molar-refractivity contribution is 0.0927. The first kappa shape index (κ1) is 19.7. The zero-order valence-corrected chi connectivity index (χ0v) is 17.2. The molecule has 1 amide bonds. The van der Waals surface area contributed by atoms with E-state index in [-0.39, 0.29) is 11.9 Å². The van der Waals surface area contributed by atoms with E-state index in [4.69, 9.17) is 0 Å². The number of rotatable bonds is 5. The molecule has 1 aromatic heterocycles. The van der Waals surface area contributed by atoms with Crippen molar-refractivity contribution in [3.05, 3.63) is 42.2 Å². The van der Waals surface area contributed by atoms with Crippen LogP contribution in [0, 0.1) is 5.92 Å². The van der Waals surface area contributed by atoms with Crippen molar-refractivity contribution in [2.24, 2.45) is 5.92 Å². The Morgan fingerprint density at radius 2 is 1.62 bits per heavy atom. The van der Waals surface area contributed by atoms with E-state index in [1.54, 1.807) is 12.4 Å². The second kappa shape index (κ2) is 9.25. The molecule has 2 heterocycles. The molecule has 154 valence electrons. The van der Waals surface area contributed by atoms with Gasteiger partial charge in [-0.15, -0.1) is 0 Å². The number of anilines is 3. The molecule has 1 saturated carbocycles. The third-order valence-corrected chi connectivity index (χ3v) is 6.13. The Labute approximate surface area is 173 Å². The molecule has 0 bridgehead atoms. The first-order valence-electron chi connectivity index (χ1n) is 10.9. The van der Waals surface area contributed by atoms with Gasteiger partial charge in [0.2, 0.25) is 5.95 Å². The molecular weight excluding hydrogens is 362 g/mol. The zero-order valence-electron chi connectivity index (χ0n) is 17.2. The van der Waals surface area contributed by atoms with E-state index in [0.717, 1.165) is 37.5 Å². The van der Waals surface area contributed by atoms with Gasteiger partial charge in [-0.2, -0.15) is 0 Å². The second-order valence-corrected chi connectivity index (χ2v) is 8.45. The monoisotopic (exact) mass is 393 g/mol. The predicted molar refractivity (Wildman–Crippen MR) is 117 cm³/mol. The summed E-state index contributed by atoms with van der Waals surface area (Å²) in [5.41, 5.74) is 2.72. The van der Waals surface area contributed by atoms with Crippen LogP contribution in [-0.4, -0.2) is 35.0 Å². The summed E-state index contributed by atoms with van der Waals surface area (Å²) < 4.78 is 0. The summed E-state index contributed by atoms with van der Waals surface area (Å²) in [5, 5.41) is 6.32. The molecule has 6 heteroatoms. The summed E-state index contributed by atoms with van der Waals surface area (Å²) >= 11 is 0. The maximum absolute atomic E-state index is 12.4. The third-order valence-electron chi connectivity index (χ3n) is 6.13. The van der Waals surface area contributed by atoms with Crippen LogP contribution in [0.3, 0.4) is 0 Å². The number of benzene rings is 1. The average Bonchev–Trinajstić information content (AvgIpc) is 2.76. The van der Waals surface area contributed by atoms with E-state index in [1.165, 1.54) is 37.8 Å². The standard InChI is InChI=1S/C23H31N5O/c1-17-11-13-28(14-12-17)21-9-7-20(8-10-21)27-23-24-15-18(16-25-23)22(29)26-19-5-3-2-4-6-19/h7-10,15-17,19H,2-6,11-14H2,1H3,(H,26,29)(H,24,25,27). The third kappa shape index (κ3) is 5.25. The number of piperidine rings is 1. The summed E-state index contributed by atoms with van der Waals surface area (Å²) in [6, 6.07) is 8.69. The molecule has 2 aromatic rings. The molecule has 4 rings (SSSR count). The molecular formula is C23H31N5O. The Hall–Kier alpha value is -2.63. The van der Waals surface area contributed by atoms with Crippen LogP contribution in [-0.2, 0) is 0 Å². The maximum atomic E-state index is 12.4. The fourth-order valence-electron chi connectivity index (χ4n) is 4.18. The smallest absolute Gasteiger partial charge is 0.254 e. The Morgan fingerprint density at radius 1 is 0.966 bits per heavy atom. The molecule has 2 N–H and O–H groups in total. The molecule has 29 heavy (non-hydrogen) atoms. The number of nitrogens with one attached hydrogen (secondary N) is 2. The van der Waals surface area contributed by atoms with Crippen molar-refractivity contribution in [1.82, 2.24) is 15.3 Å². The number of aromatic nitrogens is 2. The van der Waals surface area contributed by atoms with Crippen LogP contribution >= 0.6 is 0 Å². The Morgan fingerprint density at radius 3 is 2.28 bits per heavy atom. The first-order chi connectivity index (χ1) is 14.2. The van der Waals surface area contributed by atoms with E-state index in [1.807, 2.05) is 0 Å². The fourth-order valence-corrected chi connectivity index (χ4v) is 4.18.